The fraction of sp³-hybridized carbons (Fsp3) is 0.333. The molecule has 2 aromatic carbocycles. The minimum Gasteiger partial charge on any atom is -0.325 e. The highest BCUT2D eigenvalue weighted by atomic mass is 15.4. The number of aromatic nitrogens is 1. The molecular formula is C21H25N3. The minimum atomic E-state index is 0.641. The number of rotatable bonds is 6. The smallest absolute Gasteiger partial charge is 0.0469 e. The van der Waals surface area contributed by atoms with E-state index in [-0.39, 0.29) is 0 Å². The topological polar surface area (TPSA) is 20.2 Å². The van der Waals surface area contributed by atoms with Gasteiger partial charge < -0.3 is 5.43 Å². The van der Waals surface area contributed by atoms with Gasteiger partial charge in [0, 0.05) is 31.5 Å². The molecule has 1 atom stereocenters. The van der Waals surface area contributed by atoms with Crippen LogP contribution >= 0.6 is 0 Å². The summed E-state index contributed by atoms with van der Waals surface area (Å²) in [5, 5.41) is 2.75. The molecule has 1 aliphatic heterocycles. The third-order valence-electron chi connectivity index (χ3n) is 5.16. The molecule has 124 valence electrons. The molecule has 0 spiro atoms. The summed E-state index contributed by atoms with van der Waals surface area (Å²) in [5.41, 5.74) is 4.97. The highest BCUT2D eigenvalue weighted by molar-refractivity contribution is 5.85. The maximum absolute atomic E-state index is 3.50. The molecule has 0 radical (unpaired) electrons. The van der Waals surface area contributed by atoms with Gasteiger partial charge >= 0.3 is 0 Å². The molecule has 0 saturated carbocycles. The van der Waals surface area contributed by atoms with Gasteiger partial charge in [0.05, 0.1) is 0 Å². The maximum Gasteiger partial charge on any atom is 0.0469 e. The Hall–Kier alpha value is -2.26. The Morgan fingerprint density at radius 3 is 2.71 bits per heavy atom. The molecule has 3 heteroatoms. The molecule has 1 N–H and O–H groups in total. The van der Waals surface area contributed by atoms with Crippen LogP contribution in [0, 0.1) is 0 Å². The zero-order chi connectivity index (χ0) is 16.2. The van der Waals surface area contributed by atoms with Crippen molar-refractivity contribution in [1.29, 1.82) is 0 Å². The average molecular weight is 319 g/mol. The summed E-state index contributed by atoms with van der Waals surface area (Å²) in [7, 11) is 0. The third kappa shape index (κ3) is 3.31. The van der Waals surface area contributed by atoms with E-state index < -0.39 is 0 Å². The van der Waals surface area contributed by atoms with E-state index in [4.69, 9.17) is 0 Å². The lowest BCUT2D eigenvalue weighted by Crippen LogP contribution is -2.38. The van der Waals surface area contributed by atoms with Crippen LogP contribution < -0.4 is 5.43 Å². The van der Waals surface area contributed by atoms with Crippen LogP contribution in [0.2, 0.25) is 0 Å². The van der Waals surface area contributed by atoms with Crippen LogP contribution in [0.4, 0.5) is 0 Å². The first-order valence-electron chi connectivity index (χ1n) is 8.98. The number of hydrogen-bond donors (Lipinski definition) is 1. The molecule has 1 aliphatic rings. The molecule has 0 bridgehead atoms. The van der Waals surface area contributed by atoms with Crippen molar-refractivity contribution in [1.82, 2.24) is 9.58 Å². The van der Waals surface area contributed by atoms with Gasteiger partial charge in [-0.15, -0.1) is 0 Å². The van der Waals surface area contributed by atoms with Gasteiger partial charge in [-0.25, -0.2) is 0 Å². The second kappa shape index (κ2) is 7.10. The van der Waals surface area contributed by atoms with Crippen LogP contribution in [0.15, 0.2) is 67.0 Å². The van der Waals surface area contributed by atoms with Crippen LogP contribution in [0.25, 0.3) is 10.8 Å². The van der Waals surface area contributed by atoms with Gasteiger partial charge in [-0.3, -0.25) is 9.58 Å². The van der Waals surface area contributed by atoms with E-state index >= 15 is 0 Å². The van der Waals surface area contributed by atoms with Crippen LogP contribution in [-0.4, -0.2) is 35.3 Å². The van der Waals surface area contributed by atoms with E-state index in [1.54, 1.807) is 0 Å². The number of hydrogen-bond acceptors (Lipinski definition) is 2. The highest BCUT2D eigenvalue weighted by Crippen LogP contribution is 2.21. The van der Waals surface area contributed by atoms with Gasteiger partial charge in [0.1, 0.15) is 0 Å². The van der Waals surface area contributed by atoms with E-state index in [9.17, 15) is 0 Å². The molecule has 1 saturated heterocycles. The second-order valence-corrected chi connectivity index (χ2v) is 6.67. The van der Waals surface area contributed by atoms with Crippen molar-refractivity contribution in [3.63, 3.8) is 0 Å². The van der Waals surface area contributed by atoms with Crippen LogP contribution in [0.5, 0.6) is 0 Å². The summed E-state index contributed by atoms with van der Waals surface area (Å²) in [4.78, 5) is 2.65. The summed E-state index contributed by atoms with van der Waals surface area (Å²) >= 11 is 0. The van der Waals surface area contributed by atoms with E-state index in [1.807, 2.05) is 0 Å². The Balaban J connectivity index is 1.39. The summed E-state index contributed by atoms with van der Waals surface area (Å²) in [6, 6.07) is 20.2. The van der Waals surface area contributed by atoms with Crippen molar-refractivity contribution in [3.8, 4) is 0 Å². The monoisotopic (exact) mass is 319 g/mol. The summed E-state index contributed by atoms with van der Waals surface area (Å²) in [6.45, 7) is 3.39. The lowest BCUT2D eigenvalue weighted by atomic mass is 10.0. The minimum absolute atomic E-state index is 0.641. The van der Waals surface area contributed by atoms with Crippen molar-refractivity contribution in [2.24, 2.45) is 0 Å². The first kappa shape index (κ1) is 15.3. The van der Waals surface area contributed by atoms with Crippen molar-refractivity contribution in [2.75, 3.05) is 25.1 Å². The molecule has 1 aromatic heterocycles. The van der Waals surface area contributed by atoms with Crippen molar-refractivity contribution in [2.45, 2.75) is 25.3 Å². The summed E-state index contributed by atoms with van der Waals surface area (Å²) in [5.74, 6) is 0. The molecule has 2 heterocycles. The lowest BCUT2D eigenvalue weighted by Gasteiger charge is -2.25. The fourth-order valence-electron chi connectivity index (χ4n) is 3.85. The van der Waals surface area contributed by atoms with Crippen LogP contribution in [0.1, 0.15) is 18.4 Å². The zero-order valence-corrected chi connectivity index (χ0v) is 14.1. The van der Waals surface area contributed by atoms with E-state index in [0.717, 1.165) is 19.5 Å². The summed E-state index contributed by atoms with van der Waals surface area (Å²) in [6.07, 6.45) is 7.86. The maximum atomic E-state index is 3.50. The molecule has 24 heavy (non-hydrogen) atoms. The quantitative estimate of drug-likeness (QED) is 0.744. The van der Waals surface area contributed by atoms with Crippen LogP contribution in [0.3, 0.4) is 0 Å². The fourth-order valence-corrected chi connectivity index (χ4v) is 3.85. The largest absolute Gasteiger partial charge is 0.325 e. The van der Waals surface area contributed by atoms with E-state index in [1.165, 1.54) is 35.7 Å². The standard InChI is InChI=1S/C21H25N3/c1-2-11-21-18(7-1)8-5-9-19(21)12-16-23-13-6-10-20(23)17-22-24-14-3-4-15-24/h1-5,7-9,11,14-15,20,22H,6,10,12-13,16-17H2. The number of fused-ring (bicyclic) bond motifs is 1. The Morgan fingerprint density at radius 1 is 0.958 bits per heavy atom. The molecule has 1 fully saturated rings. The Labute approximate surface area is 143 Å². The average Bonchev–Trinajstić information content (AvgIpc) is 3.29. The van der Waals surface area contributed by atoms with E-state index in [2.05, 4.69) is 82.0 Å². The van der Waals surface area contributed by atoms with Gasteiger partial charge in [-0.2, -0.15) is 0 Å². The van der Waals surface area contributed by atoms with Gasteiger partial charge in [-0.1, -0.05) is 42.5 Å². The van der Waals surface area contributed by atoms with Gasteiger partial charge in [0.2, 0.25) is 0 Å². The first-order chi connectivity index (χ1) is 11.9. The second-order valence-electron chi connectivity index (χ2n) is 6.67. The van der Waals surface area contributed by atoms with Gasteiger partial charge in [-0.05, 0) is 54.3 Å². The predicted molar refractivity (Wildman–Crippen MR) is 101 cm³/mol. The molecule has 4 rings (SSSR count). The molecule has 1 unspecified atom stereocenters. The Kier molecular flexibility index (Phi) is 4.52. The Morgan fingerprint density at radius 2 is 1.79 bits per heavy atom. The van der Waals surface area contributed by atoms with E-state index in [0.29, 0.717) is 6.04 Å². The SMILES string of the molecule is c1ccc2c(CCN3CCCC3CNn3cccc3)cccc2c1. The van der Waals surface area contributed by atoms with Gasteiger partial charge in [0.25, 0.3) is 0 Å². The molecule has 3 aromatic rings. The lowest BCUT2D eigenvalue weighted by molar-refractivity contribution is 0.263. The molecule has 3 nitrogen and oxygen atoms in total. The van der Waals surface area contributed by atoms with Crippen LogP contribution in [-0.2, 0) is 6.42 Å². The van der Waals surface area contributed by atoms with Crippen molar-refractivity contribution >= 4 is 10.8 Å². The number of nitrogens with zero attached hydrogens (tertiary/aromatic N) is 2. The van der Waals surface area contributed by atoms with Gasteiger partial charge in [0.15, 0.2) is 0 Å². The Bertz CT molecular complexity index is 773. The predicted octanol–water partition coefficient (Wildman–Crippen LogP) is 3.89. The molecule has 0 amide bonds. The number of benzene rings is 2. The van der Waals surface area contributed by atoms with Crippen molar-refractivity contribution < 1.29 is 0 Å². The van der Waals surface area contributed by atoms with Crippen molar-refractivity contribution in [3.05, 3.63) is 72.6 Å². The number of likely N-dealkylation sites (tertiary alicyclic amines) is 1. The summed E-state index contributed by atoms with van der Waals surface area (Å²) < 4.78 is 2.06. The number of nitrogens with one attached hydrogen (secondary N) is 1. The molecule has 0 aliphatic carbocycles. The first-order valence-corrected chi connectivity index (χ1v) is 8.98. The molecular weight excluding hydrogens is 294 g/mol. The normalized spacial score (nSPS) is 18.2. The zero-order valence-electron chi connectivity index (χ0n) is 14.1. The highest BCUT2D eigenvalue weighted by Gasteiger charge is 2.23. The third-order valence-corrected chi connectivity index (χ3v) is 5.16.